The van der Waals surface area contributed by atoms with Crippen LogP contribution in [-0.2, 0) is 0 Å². The predicted molar refractivity (Wildman–Crippen MR) is 132 cm³/mol. The fourth-order valence-corrected chi connectivity index (χ4v) is 4.27. The summed E-state index contributed by atoms with van der Waals surface area (Å²) in [5.74, 6) is 0.238. The second-order valence-corrected chi connectivity index (χ2v) is 7.87. The number of hydrogen-bond acceptors (Lipinski definition) is 2. The van der Waals surface area contributed by atoms with Crippen molar-refractivity contribution in [3.63, 3.8) is 0 Å². The molecule has 0 unspecified atom stereocenters. The number of anilines is 2. The van der Waals surface area contributed by atoms with Crippen molar-refractivity contribution in [3.8, 4) is 0 Å². The zero-order valence-electron chi connectivity index (χ0n) is 19.2. The smallest absolute Gasteiger partial charge is 0.0366 e. The molecule has 0 amide bonds. The Morgan fingerprint density at radius 3 is 1.10 bits per heavy atom. The molecule has 0 aliphatic rings. The lowest BCUT2D eigenvalue weighted by atomic mass is 9.84. The topological polar surface area (TPSA) is 6.48 Å². The Bertz CT molecular complexity index is 831. The van der Waals surface area contributed by atoms with Gasteiger partial charge in [0.1, 0.15) is 0 Å². The molecule has 3 aromatic rings. The van der Waals surface area contributed by atoms with Crippen molar-refractivity contribution in [3.05, 3.63) is 95.1 Å². The minimum atomic E-state index is 0.238. The van der Waals surface area contributed by atoms with E-state index in [4.69, 9.17) is 0 Å². The second-order valence-electron chi connectivity index (χ2n) is 7.87. The average molecular weight is 401 g/mol. The molecule has 0 aliphatic heterocycles. The molecule has 0 aliphatic carbocycles. The average Bonchev–Trinajstić information content (AvgIpc) is 2.79. The standard InChI is InChI=1S/C28H36N2/c1-6-29(7-2)26-18-14-24(15-19-26)28(23-12-10-22(5)11-13-23)25-16-20-27(21-17-25)30(8-3)9-4/h10-21,28H,6-9H2,1-5H3. The van der Waals surface area contributed by atoms with Gasteiger partial charge in [0.05, 0.1) is 0 Å². The van der Waals surface area contributed by atoms with Crippen molar-refractivity contribution < 1.29 is 0 Å². The Kier molecular flexibility index (Phi) is 7.57. The van der Waals surface area contributed by atoms with Gasteiger partial charge in [0.2, 0.25) is 0 Å². The molecule has 0 radical (unpaired) electrons. The van der Waals surface area contributed by atoms with Gasteiger partial charge in [-0.1, -0.05) is 54.1 Å². The SMILES string of the molecule is CCN(CC)c1ccc(C(c2ccc(C)cc2)c2ccc(N(CC)CC)cc2)cc1. The highest BCUT2D eigenvalue weighted by atomic mass is 15.1. The summed E-state index contributed by atoms with van der Waals surface area (Å²) in [5.41, 5.74) is 7.90. The fraction of sp³-hybridized carbons (Fsp3) is 0.357. The van der Waals surface area contributed by atoms with Crippen LogP contribution in [0, 0.1) is 6.92 Å². The van der Waals surface area contributed by atoms with E-state index in [1.807, 2.05) is 0 Å². The van der Waals surface area contributed by atoms with E-state index >= 15 is 0 Å². The molecule has 0 atom stereocenters. The first kappa shape index (κ1) is 22.0. The Hall–Kier alpha value is -2.74. The highest BCUT2D eigenvalue weighted by Crippen LogP contribution is 2.34. The van der Waals surface area contributed by atoms with E-state index in [2.05, 4.69) is 117 Å². The van der Waals surface area contributed by atoms with E-state index < -0.39 is 0 Å². The first-order valence-corrected chi connectivity index (χ1v) is 11.4. The largest absolute Gasteiger partial charge is 0.372 e. The summed E-state index contributed by atoms with van der Waals surface area (Å²) in [6, 6.07) is 27.3. The Morgan fingerprint density at radius 2 is 0.800 bits per heavy atom. The molecular weight excluding hydrogens is 364 g/mol. The minimum Gasteiger partial charge on any atom is -0.372 e. The maximum Gasteiger partial charge on any atom is 0.0366 e. The monoisotopic (exact) mass is 400 g/mol. The van der Waals surface area contributed by atoms with Crippen molar-refractivity contribution in [1.29, 1.82) is 0 Å². The molecule has 0 spiro atoms. The van der Waals surface area contributed by atoms with Crippen LogP contribution < -0.4 is 9.80 Å². The van der Waals surface area contributed by atoms with Gasteiger partial charge in [-0.2, -0.15) is 0 Å². The number of aryl methyl sites for hydroxylation is 1. The molecular formula is C28H36N2. The van der Waals surface area contributed by atoms with Gasteiger partial charge < -0.3 is 9.80 Å². The quantitative estimate of drug-likeness (QED) is 0.362. The van der Waals surface area contributed by atoms with E-state index in [1.54, 1.807) is 0 Å². The normalized spacial score (nSPS) is 11.0. The molecule has 3 rings (SSSR count). The summed E-state index contributed by atoms with van der Waals surface area (Å²) >= 11 is 0. The molecule has 0 saturated carbocycles. The molecule has 2 heteroatoms. The van der Waals surface area contributed by atoms with Gasteiger partial charge in [0.25, 0.3) is 0 Å². The van der Waals surface area contributed by atoms with Crippen LogP contribution in [0.4, 0.5) is 11.4 Å². The van der Waals surface area contributed by atoms with Gasteiger partial charge >= 0.3 is 0 Å². The molecule has 0 fully saturated rings. The van der Waals surface area contributed by atoms with Crippen LogP contribution in [-0.4, -0.2) is 26.2 Å². The third-order valence-electron chi connectivity index (χ3n) is 6.12. The lowest BCUT2D eigenvalue weighted by Crippen LogP contribution is -2.21. The lowest BCUT2D eigenvalue weighted by Gasteiger charge is -2.25. The lowest BCUT2D eigenvalue weighted by molar-refractivity contribution is 0.862. The first-order chi connectivity index (χ1) is 14.6. The molecule has 3 aromatic carbocycles. The van der Waals surface area contributed by atoms with Crippen LogP contribution in [0.5, 0.6) is 0 Å². The highest BCUT2D eigenvalue weighted by molar-refractivity contribution is 5.54. The van der Waals surface area contributed by atoms with Crippen LogP contribution in [0.1, 0.15) is 55.9 Å². The van der Waals surface area contributed by atoms with Gasteiger partial charge in [-0.3, -0.25) is 0 Å². The van der Waals surface area contributed by atoms with E-state index in [0.29, 0.717) is 0 Å². The predicted octanol–water partition coefficient (Wildman–Crippen LogP) is 6.87. The zero-order valence-corrected chi connectivity index (χ0v) is 19.2. The van der Waals surface area contributed by atoms with Crippen molar-refractivity contribution in [2.45, 2.75) is 40.5 Å². The minimum absolute atomic E-state index is 0.238. The molecule has 0 heterocycles. The summed E-state index contributed by atoms with van der Waals surface area (Å²) < 4.78 is 0. The summed E-state index contributed by atoms with van der Waals surface area (Å²) in [6.45, 7) is 15.1. The van der Waals surface area contributed by atoms with Crippen LogP contribution >= 0.6 is 0 Å². The molecule has 30 heavy (non-hydrogen) atoms. The van der Waals surface area contributed by atoms with Gasteiger partial charge in [0.15, 0.2) is 0 Å². The summed E-state index contributed by atoms with van der Waals surface area (Å²) in [7, 11) is 0. The Labute approximate surface area is 183 Å². The number of rotatable bonds is 9. The Balaban J connectivity index is 2.00. The fourth-order valence-electron chi connectivity index (χ4n) is 4.27. The summed E-state index contributed by atoms with van der Waals surface area (Å²) in [4.78, 5) is 4.78. The van der Waals surface area contributed by atoms with Crippen LogP contribution in [0.25, 0.3) is 0 Å². The van der Waals surface area contributed by atoms with Crippen LogP contribution in [0.2, 0.25) is 0 Å². The molecule has 0 aromatic heterocycles. The number of hydrogen-bond donors (Lipinski definition) is 0. The van der Waals surface area contributed by atoms with Gasteiger partial charge in [-0.15, -0.1) is 0 Å². The number of benzene rings is 3. The van der Waals surface area contributed by atoms with Crippen molar-refractivity contribution >= 4 is 11.4 Å². The number of nitrogens with zero attached hydrogens (tertiary/aromatic N) is 2. The van der Waals surface area contributed by atoms with Gasteiger partial charge in [0, 0.05) is 43.5 Å². The van der Waals surface area contributed by atoms with Crippen molar-refractivity contribution in [2.75, 3.05) is 36.0 Å². The van der Waals surface area contributed by atoms with Crippen LogP contribution in [0.3, 0.4) is 0 Å². The maximum absolute atomic E-state index is 2.39. The van der Waals surface area contributed by atoms with Gasteiger partial charge in [-0.05, 0) is 75.6 Å². The second kappa shape index (κ2) is 10.3. The molecule has 158 valence electrons. The maximum atomic E-state index is 2.39. The first-order valence-electron chi connectivity index (χ1n) is 11.4. The van der Waals surface area contributed by atoms with E-state index in [0.717, 1.165) is 26.2 Å². The van der Waals surface area contributed by atoms with E-state index in [-0.39, 0.29) is 5.92 Å². The summed E-state index contributed by atoms with van der Waals surface area (Å²) in [6.07, 6.45) is 0. The van der Waals surface area contributed by atoms with Crippen LogP contribution in [0.15, 0.2) is 72.8 Å². The van der Waals surface area contributed by atoms with Crippen molar-refractivity contribution in [1.82, 2.24) is 0 Å². The Morgan fingerprint density at radius 1 is 0.500 bits per heavy atom. The zero-order chi connectivity index (χ0) is 21.5. The van der Waals surface area contributed by atoms with Gasteiger partial charge in [-0.25, -0.2) is 0 Å². The van der Waals surface area contributed by atoms with E-state index in [9.17, 15) is 0 Å². The summed E-state index contributed by atoms with van der Waals surface area (Å²) in [5, 5.41) is 0. The third kappa shape index (κ3) is 4.87. The highest BCUT2D eigenvalue weighted by Gasteiger charge is 2.17. The molecule has 2 nitrogen and oxygen atoms in total. The molecule has 0 bridgehead atoms. The third-order valence-corrected chi connectivity index (χ3v) is 6.12. The van der Waals surface area contributed by atoms with Crippen molar-refractivity contribution in [2.24, 2.45) is 0 Å². The molecule has 0 saturated heterocycles. The molecule has 0 N–H and O–H groups in total. The van der Waals surface area contributed by atoms with E-state index in [1.165, 1.54) is 33.6 Å².